The normalized spacial score (nSPS) is 12.6. The number of imidazole rings is 1. The second-order valence-corrected chi connectivity index (χ2v) is 4.42. The van der Waals surface area contributed by atoms with Crippen molar-refractivity contribution >= 4 is 0 Å². The van der Waals surface area contributed by atoms with E-state index in [0.29, 0.717) is 6.42 Å². The van der Waals surface area contributed by atoms with E-state index in [-0.39, 0.29) is 0 Å². The third-order valence-electron chi connectivity index (χ3n) is 3.28. The van der Waals surface area contributed by atoms with Crippen LogP contribution in [0.3, 0.4) is 0 Å². The van der Waals surface area contributed by atoms with Gasteiger partial charge < -0.3 is 10.1 Å². The summed E-state index contributed by atoms with van der Waals surface area (Å²) in [7, 11) is 0. The van der Waals surface area contributed by atoms with Gasteiger partial charge in [0.25, 0.3) is 0 Å². The lowest BCUT2D eigenvalue weighted by Crippen LogP contribution is -2.01. The SMILES string of the molecule is Cc1cccc(CCC(O)c2cnc[nH]2)c1C. The van der Waals surface area contributed by atoms with Gasteiger partial charge in [-0.3, -0.25) is 0 Å². The maximum Gasteiger partial charge on any atom is 0.0956 e. The molecule has 0 bridgehead atoms. The Hall–Kier alpha value is -1.61. The molecule has 2 rings (SSSR count). The Bertz CT molecular complexity index is 477. The molecule has 90 valence electrons. The summed E-state index contributed by atoms with van der Waals surface area (Å²) in [6.45, 7) is 4.25. The average molecular weight is 230 g/mol. The second kappa shape index (κ2) is 5.15. The number of H-pyrrole nitrogens is 1. The molecule has 1 heterocycles. The summed E-state index contributed by atoms with van der Waals surface area (Å²) in [4.78, 5) is 6.85. The number of nitrogens with one attached hydrogen (secondary N) is 1. The summed E-state index contributed by atoms with van der Waals surface area (Å²) in [5.74, 6) is 0. The lowest BCUT2D eigenvalue weighted by atomic mass is 9.98. The van der Waals surface area contributed by atoms with E-state index < -0.39 is 6.10 Å². The number of aryl methyl sites for hydroxylation is 2. The molecule has 3 nitrogen and oxygen atoms in total. The number of nitrogens with zero attached hydrogens (tertiary/aromatic N) is 1. The third-order valence-corrected chi connectivity index (χ3v) is 3.28. The number of aliphatic hydroxyl groups is 1. The molecule has 0 radical (unpaired) electrons. The van der Waals surface area contributed by atoms with Crippen LogP contribution in [0.2, 0.25) is 0 Å². The van der Waals surface area contributed by atoms with E-state index in [9.17, 15) is 5.11 Å². The Morgan fingerprint density at radius 1 is 1.35 bits per heavy atom. The van der Waals surface area contributed by atoms with Crippen molar-refractivity contribution in [2.75, 3.05) is 0 Å². The molecule has 0 saturated heterocycles. The number of aromatic nitrogens is 2. The van der Waals surface area contributed by atoms with E-state index in [1.54, 1.807) is 12.5 Å². The van der Waals surface area contributed by atoms with Gasteiger partial charge in [0.2, 0.25) is 0 Å². The molecule has 2 N–H and O–H groups in total. The van der Waals surface area contributed by atoms with Gasteiger partial charge in [-0.15, -0.1) is 0 Å². The van der Waals surface area contributed by atoms with Crippen molar-refractivity contribution in [1.29, 1.82) is 0 Å². The molecule has 0 aliphatic carbocycles. The lowest BCUT2D eigenvalue weighted by molar-refractivity contribution is 0.163. The summed E-state index contributed by atoms with van der Waals surface area (Å²) in [5.41, 5.74) is 4.72. The van der Waals surface area contributed by atoms with Crippen molar-refractivity contribution in [2.24, 2.45) is 0 Å². The van der Waals surface area contributed by atoms with Gasteiger partial charge in [0.15, 0.2) is 0 Å². The van der Waals surface area contributed by atoms with Crippen LogP contribution in [0.4, 0.5) is 0 Å². The second-order valence-electron chi connectivity index (χ2n) is 4.42. The monoisotopic (exact) mass is 230 g/mol. The topological polar surface area (TPSA) is 48.9 Å². The van der Waals surface area contributed by atoms with Crippen molar-refractivity contribution < 1.29 is 5.11 Å². The van der Waals surface area contributed by atoms with Crippen molar-refractivity contribution in [3.8, 4) is 0 Å². The molecule has 3 heteroatoms. The first-order valence-corrected chi connectivity index (χ1v) is 5.90. The van der Waals surface area contributed by atoms with Crippen LogP contribution in [0.1, 0.15) is 34.9 Å². The van der Waals surface area contributed by atoms with E-state index >= 15 is 0 Å². The van der Waals surface area contributed by atoms with Gasteiger partial charge in [-0.05, 0) is 43.4 Å². The summed E-state index contributed by atoms with van der Waals surface area (Å²) < 4.78 is 0. The van der Waals surface area contributed by atoms with E-state index in [1.165, 1.54) is 16.7 Å². The molecule has 17 heavy (non-hydrogen) atoms. The minimum absolute atomic E-state index is 0.461. The Morgan fingerprint density at radius 3 is 2.88 bits per heavy atom. The fraction of sp³-hybridized carbons (Fsp3) is 0.357. The molecular formula is C14H18N2O. The first-order valence-electron chi connectivity index (χ1n) is 5.90. The van der Waals surface area contributed by atoms with Crippen LogP contribution < -0.4 is 0 Å². The van der Waals surface area contributed by atoms with Crippen LogP contribution in [-0.4, -0.2) is 15.1 Å². The Kier molecular flexibility index (Phi) is 3.59. The molecule has 0 aliphatic rings. The summed E-state index contributed by atoms with van der Waals surface area (Å²) in [6.07, 6.45) is 4.40. The molecule has 0 aliphatic heterocycles. The number of aliphatic hydroxyl groups excluding tert-OH is 1. The Labute approximate surface area is 102 Å². The van der Waals surface area contributed by atoms with Crippen molar-refractivity contribution in [1.82, 2.24) is 9.97 Å². The average Bonchev–Trinajstić information content (AvgIpc) is 2.84. The Morgan fingerprint density at radius 2 is 2.18 bits per heavy atom. The molecule has 1 unspecified atom stereocenters. The third kappa shape index (κ3) is 2.74. The summed E-state index contributed by atoms with van der Waals surface area (Å²) in [5, 5.41) is 9.96. The zero-order chi connectivity index (χ0) is 12.3. The first-order chi connectivity index (χ1) is 8.18. The minimum Gasteiger partial charge on any atom is -0.387 e. The number of rotatable bonds is 4. The number of aromatic amines is 1. The highest BCUT2D eigenvalue weighted by atomic mass is 16.3. The molecule has 1 atom stereocenters. The smallest absolute Gasteiger partial charge is 0.0956 e. The predicted octanol–water partition coefficient (Wildman–Crippen LogP) is 2.69. The largest absolute Gasteiger partial charge is 0.387 e. The highest BCUT2D eigenvalue weighted by molar-refractivity contribution is 5.33. The van der Waals surface area contributed by atoms with Crippen molar-refractivity contribution in [3.63, 3.8) is 0 Å². The fourth-order valence-electron chi connectivity index (χ4n) is 1.98. The van der Waals surface area contributed by atoms with Crippen LogP contribution in [0.5, 0.6) is 0 Å². The Balaban J connectivity index is 2.00. The quantitative estimate of drug-likeness (QED) is 0.848. The zero-order valence-corrected chi connectivity index (χ0v) is 10.3. The number of hydrogen-bond donors (Lipinski definition) is 2. The first kappa shape index (κ1) is 11.9. The molecule has 0 fully saturated rings. The molecule has 2 aromatic rings. The standard InChI is InChI=1S/C14H18N2O/c1-10-4-3-5-12(11(10)2)6-7-14(17)13-8-15-9-16-13/h3-5,8-9,14,17H,6-7H2,1-2H3,(H,15,16). The highest BCUT2D eigenvalue weighted by Crippen LogP contribution is 2.19. The molecule has 0 amide bonds. The molecule has 1 aromatic heterocycles. The van der Waals surface area contributed by atoms with Crippen LogP contribution >= 0.6 is 0 Å². The fourth-order valence-corrected chi connectivity index (χ4v) is 1.98. The molecular weight excluding hydrogens is 212 g/mol. The van der Waals surface area contributed by atoms with E-state index in [4.69, 9.17) is 0 Å². The van der Waals surface area contributed by atoms with Gasteiger partial charge in [-0.25, -0.2) is 4.98 Å². The van der Waals surface area contributed by atoms with Gasteiger partial charge >= 0.3 is 0 Å². The summed E-state index contributed by atoms with van der Waals surface area (Å²) in [6, 6.07) is 6.31. The predicted molar refractivity (Wildman–Crippen MR) is 67.8 cm³/mol. The van der Waals surface area contributed by atoms with Crippen LogP contribution in [0.25, 0.3) is 0 Å². The van der Waals surface area contributed by atoms with E-state index in [2.05, 4.69) is 42.0 Å². The maximum atomic E-state index is 9.96. The van der Waals surface area contributed by atoms with Gasteiger partial charge in [-0.2, -0.15) is 0 Å². The minimum atomic E-state index is -0.461. The molecule has 0 spiro atoms. The summed E-state index contributed by atoms with van der Waals surface area (Å²) >= 11 is 0. The zero-order valence-electron chi connectivity index (χ0n) is 10.3. The van der Waals surface area contributed by atoms with Crippen LogP contribution in [-0.2, 0) is 6.42 Å². The molecule has 0 saturated carbocycles. The molecule has 1 aromatic carbocycles. The van der Waals surface area contributed by atoms with Crippen molar-refractivity contribution in [2.45, 2.75) is 32.8 Å². The van der Waals surface area contributed by atoms with Crippen molar-refractivity contribution in [3.05, 3.63) is 53.1 Å². The van der Waals surface area contributed by atoms with E-state index in [0.717, 1.165) is 12.1 Å². The maximum absolute atomic E-state index is 9.96. The van der Waals surface area contributed by atoms with Gasteiger partial charge in [-0.1, -0.05) is 18.2 Å². The van der Waals surface area contributed by atoms with Crippen LogP contribution in [0, 0.1) is 13.8 Å². The lowest BCUT2D eigenvalue weighted by Gasteiger charge is -2.11. The van der Waals surface area contributed by atoms with Gasteiger partial charge in [0.05, 0.1) is 24.3 Å². The number of benzene rings is 1. The van der Waals surface area contributed by atoms with Gasteiger partial charge in [0, 0.05) is 0 Å². The van der Waals surface area contributed by atoms with Gasteiger partial charge in [0.1, 0.15) is 0 Å². The van der Waals surface area contributed by atoms with E-state index in [1.807, 2.05) is 0 Å². The number of hydrogen-bond acceptors (Lipinski definition) is 2. The van der Waals surface area contributed by atoms with Crippen LogP contribution in [0.15, 0.2) is 30.7 Å². The highest BCUT2D eigenvalue weighted by Gasteiger charge is 2.10.